The molecule has 1 atom stereocenters. The normalized spacial score (nSPS) is 17.3. The number of aliphatic hydroxyl groups is 1. The van der Waals surface area contributed by atoms with Gasteiger partial charge in [0.25, 0.3) is 5.69 Å². The van der Waals surface area contributed by atoms with E-state index in [9.17, 15) is 15.2 Å². The van der Waals surface area contributed by atoms with Crippen molar-refractivity contribution in [3.05, 3.63) is 70.0 Å². The van der Waals surface area contributed by atoms with Crippen LogP contribution in [-0.2, 0) is 6.54 Å². The van der Waals surface area contributed by atoms with Crippen LogP contribution in [0.2, 0.25) is 0 Å². The lowest BCUT2D eigenvalue weighted by Crippen LogP contribution is -2.47. The number of hydrogen-bond donors (Lipinski definition) is 1. The Morgan fingerprint density at radius 1 is 1.16 bits per heavy atom. The summed E-state index contributed by atoms with van der Waals surface area (Å²) < 4.78 is 0. The lowest BCUT2D eigenvalue weighted by atomic mass is 10.1. The zero-order chi connectivity index (χ0) is 17.6. The third kappa shape index (κ3) is 4.82. The Morgan fingerprint density at radius 2 is 1.92 bits per heavy atom. The van der Waals surface area contributed by atoms with E-state index in [2.05, 4.69) is 20.9 Å². The molecule has 132 valence electrons. The largest absolute Gasteiger partial charge is 0.387 e. The Balaban J connectivity index is 1.50. The number of β-amino-alcohol motifs (C(OH)–C–C–N with tert-alkyl or cyclic N) is 1. The molecule has 1 N–H and O–H groups in total. The van der Waals surface area contributed by atoms with Crippen molar-refractivity contribution in [1.82, 2.24) is 14.8 Å². The minimum absolute atomic E-state index is 0.0119. The Morgan fingerprint density at radius 3 is 2.60 bits per heavy atom. The first-order valence-corrected chi connectivity index (χ1v) is 8.38. The summed E-state index contributed by atoms with van der Waals surface area (Å²) in [4.78, 5) is 19.1. The maximum atomic E-state index is 10.9. The Hall–Kier alpha value is -2.35. The van der Waals surface area contributed by atoms with E-state index in [1.54, 1.807) is 18.3 Å². The van der Waals surface area contributed by atoms with Gasteiger partial charge in [-0.25, -0.2) is 0 Å². The van der Waals surface area contributed by atoms with Gasteiger partial charge in [0.2, 0.25) is 0 Å². The van der Waals surface area contributed by atoms with Gasteiger partial charge < -0.3 is 5.11 Å². The van der Waals surface area contributed by atoms with Gasteiger partial charge in [-0.1, -0.05) is 18.2 Å². The molecule has 1 fully saturated rings. The van der Waals surface area contributed by atoms with Crippen LogP contribution in [0.15, 0.2) is 48.8 Å². The van der Waals surface area contributed by atoms with E-state index in [4.69, 9.17) is 0 Å². The molecule has 7 heteroatoms. The van der Waals surface area contributed by atoms with Gasteiger partial charge in [0.15, 0.2) is 0 Å². The molecule has 0 radical (unpaired) electrons. The first-order chi connectivity index (χ1) is 12.1. The highest BCUT2D eigenvalue weighted by molar-refractivity contribution is 5.35. The number of nitro benzene ring substituents is 1. The van der Waals surface area contributed by atoms with Gasteiger partial charge >= 0.3 is 0 Å². The van der Waals surface area contributed by atoms with Gasteiger partial charge in [-0.3, -0.25) is 24.9 Å². The number of benzene rings is 1. The average Bonchev–Trinajstić information content (AvgIpc) is 2.64. The molecule has 2 aromatic rings. The molecule has 0 amide bonds. The van der Waals surface area contributed by atoms with Gasteiger partial charge in [-0.15, -0.1) is 0 Å². The van der Waals surface area contributed by atoms with E-state index < -0.39 is 11.0 Å². The first kappa shape index (κ1) is 17.5. The molecule has 1 aromatic carbocycles. The summed E-state index contributed by atoms with van der Waals surface area (Å²) in [6, 6.07) is 10.3. The van der Waals surface area contributed by atoms with Crippen molar-refractivity contribution in [2.75, 3.05) is 32.7 Å². The fourth-order valence-corrected chi connectivity index (χ4v) is 3.08. The van der Waals surface area contributed by atoms with E-state index in [1.165, 1.54) is 17.7 Å². The first-order valence-electron chi connectivity index (χ1n) is 8.38. The highest BCUT2D eigenvalue weighted by Gasteiger charge is 2.21. The SMILES string of the molecule is O=[N+]([O-])c1cccc([C@@H](O)CN2CCN(Cc3cccnc3)CC2)c1. The van der Waals surface area contributed by atoms with Crippen molar-refractivity contribution in [2.45, 2.75) is 12.6 Å². The molecule has 0 aliphatic carbocycles. The van der Waals surface area contributed by atoms with Crippen LogP contribution >= 0.6 is 0 Å². The molecule has 1 saturated heterocycles. The predicted molar refractivity (Wildman–Crippen MR) is 94.0 cm³/mol. The third-order valence-corrected chi connectivity index (χ3v) is 4.49. The van der Waals surface area contributed by atoms with Crippen molar-refractivity contribution in [2.24, 2.45) is 0 Å². The Kier molecular flexibility index (Phi) is 5.70. The molecule has 2 heterocycles. The lowest BCUT2D eigenvalue weighted by molar-refractivity contribution is -0.385. The number of hydrogen-bond acceptors (Lipinski definition) is 6. The van der Waals surface area contributed by atoms with Crippen LogP contribution in [0.5, 0.6) is 0 Å². The molecule has 3 rings (SSSR count). The molecule has 0 spiro atoms. The highest BCUT2D eigenvalue weighted by Crippen LogP contribution is 2.20. The maximum Gasteiger partial charge on any atom is 0.269 e. The predicted octanol–water partition coefficient (Wildman–Crippen LogP) is 1.84. The fraction of sp³-hybridized carbons (Fsp3) is 0.389. The molecule has 25 heavy (non-hydrogen) atoms. The molecule has 0 unspecified atom stereocenters. The quantitative estimate of drug-likeness (QED) is 0.637. The topological polar surface area (TPSA) is 82.7 Å². The van der Waals surface area contributed by atoms with Crippen LogP contribution < -0.4 is 0 Å². The van der Waals surface area contributed by atoms with Crippen molar-refractivity contribution >= 4 is 5.69 Å². The molecule has 1 aromatic heterocycles. The minimum Gasteiger partial charge on any atom is -0.387 e. The number of nitrogens with zero attached hydrogens (tertiary/aromatic N) is 4. The number of piperazine rings is 1. The summed E-state index contributed by atoms with van der Waals surface area (Å²) >= 11 is 0. The van der Waals surface area contributed by atoms with E-state index in [-0.39, 0.29) is 5.69 Å². The van der Waals surface area contributed by atoms with E-state index in [0.29, 0.717) is 12.1 Å². The molecular formula is C18H22N4O3. The van der Waals surface area contributed by atoms with Gasteiger partial charge in [0.1, 0.15) is 0 Å². The van der Waals surface area contributed by atoms with Crippen LogP contribution in [0.1, 0.15) is 17.2 Å². The second-order valence-electron chi connectivity index (χ2n) is 6.31. The number of pyridine rings is 1. The molecule has 0 saturated carbocycles. The van der Waals surface area contributed by atoms with Gasteiger partial charge in [-0.05, 0) is 17.2 Å². The number of aliphatic hydroxyl groups excluding tert-OH is 1. The number of rotatable bonds is 6. The van der Waals surface area contributed by atoms with Crippen LogP contribution in [0.3, 0.4) is 0 Å². The average molecular weight is 342 g/mol. The smallest absolute Gasteiger partial charge is 0.269 e. The van der Waals surface area contributed by atoms with Gasteiger partial charge in [-0.2, -0.15) is 0 Å². The standard InChI is InChI=1S/C18H22N4O3/c23-18(16-4-1-5-17(11-16)22(24)25)14-21-9-7-20(8-10-21)13-15-3-2-6-19-12-15/h1-6,11-12,18,23H,7-10,13-14H2/t18-/m0/s1. The van der Waals surface area contributed by atoms with Crippen molar-refractivity contribution in [3.63, 3.8) is 0 Å². The van der Waals surface area contributed by atoms with Crippen LogP contribution in [0.25, 0.3) is 0 Å². The molecule has 1 aliphatic rings. The summed E-state index contributed by atoms with van der Waals surface area (Å²) in [5.41, 5.74) is 1.80. The molecular weight excluding hydrogens is 320 g/mol. The highest BCUT2D eigenvalue weighted by atomic mass is 16.6. The Labute approximate surface area is 146 Å². The Bertz CT molecular complexity index is 702. The fourth-order valence-electron chi connectivity index (χ4n) is 3.08. The second-order valence-corrected chi connectivity index (χ2v) is 6.31. The monoisotopic (exact) mass is 342 g/mol. The van der Waals surface area contributed by atoms with E-state index in [1.807, 2.05) is 12.3 Å². The van der Waals surface area contributed by atoms with Crippen molar-refractivity contribution in [1.29, 1.82) is 0 Å². The zero-order valence-corrected chi connectivity index (χ0v) is 14.0. The summed E-state index contributed by atoms with van der Waals surface area (Å²) in [6.07, 6.45) is 2.94. The van der Waals surface area contributed by atoms with Gasteiger partial charge in [0.05, 0.1) is 11.0 Å². The lowest BCUT2D eigenvalue weighted by Gasteiger charge is -2.35. The van der Waals surface area contributed by atoms with Gasteiger partial charge in [0, 0.05) is 63.8 Å². The van der Waals surface area contributed by atoms with Crippen molar-refractivity contribution < 1.29 is 10.0 Å². The summed E-state index contributed by atoms with van der Waals surface area (Å²) in [6.45, 7) is 4.96. The van der Waals surface area contributed by atoms with Crippen LogP contribution in [-0.4, -0.2) is 57.5 Å². The summed E-state index contributed by atoms with van der Waals surface area (Å²) in [5, 5.41) is 21.2. The van der Waals surface area contributed by atoms with E-state index in [0.717, 1.165) is 32.7 Å². The summed E-state index contributed by atoms with van der Waals surface area (Å²) in [5.74, 6) is 0. The second kappa shape index (κ2) is 8.15. The maximum absolute atomic E-state index is 10.9. The number of non-ortho nitro benzene ring substituents is 1. The van der Waals surface area contributed by atoms with Crippen LogP contribution in [0.4, 0.5) is 5.69 Å². The summed E-state index contributed by atoms with van der Waals surface area (Å²) in [7, 11) is 0. The zero-order valence-electron chi connectivity index (χ0n) is 14.0. The minimum atomic E-state index is -0.718. The number of nitro groups is 1. The van der Waals surface area contributed by atoms with E-state index >= 15 is 0 Å². The molecule has 7 nitrogen and oxygen atoms in total. The molecule has 1 aliphatic heterocycles. The molecule has 0 bridgehead atoms. The van der Waals surface area contributed by atoms with Crippen LogP contribution in [0, 0.1) is 10.1 Å². The number of aromatic nitrogens is 1. The third-order valence-electron chi connectivity index (χ3n) is 4.49. The van der Waals surface area contributed by atoms with Crippen molar-refractivity contribution in [3.8, 4) is 0 Å².